The molecule has 34 heavy (non-hydrogen) atoms. The number of rotatable bonds is 4. The SMILES string of the molecule is CC(C)(C)OC(=O)N1CCC(COc2c(F)cc(-c3ccc4c(c3)OCS4(=O)=O)cc2F)CC1. The molecule has 0 aliphatic carbocycles. The molecule has 184 valence electrons. The van der Waals surface area contributed by atoms with Crippen molar-refractivity contribution in [1.82, 2.24) is 4.90 Å². The van der Waals surface area contributed by atoms with Gasteiger partial charge in [-0.05, 0) is 74.9 Å². The minimum Gasteiger partial charge on any atom is -0.487 e. The fourth-order valence-corrected chi connectivity index (χ4v) is 5.05. The number of nitrogens with zero attached hydrogens (tertiary/aromatic N) is 1. The number of carbonyl (C=O) groups is 1. The van der Waals surface area contributed by atoms with Gasteiger partial charge in [0.1, 0.15) is 16.2 Å². The number of carbonyl (C=O) groups excluding carboxylic acids is 1. The minimum absolute atomic E-state index is 0.0490. The summed E-state index contributed by atoms with van der Waals surface area (Å²) in [6, 6.07) is 6.60. The van der Waals surface area contributed by atoms with Gasteiger partial charge >= 0.3 is 6.09 Å². The Hall–Kier alpha value is -2.88. The molecule has 1 amide bonds. The Morgan fingerprint density at radius 2 is 1.74 bits per heavy atom. The van der Waals surface area contributed by atoms with Crippen molar-refractivity contribution in [2.75, 3.05) is 25.6 Å². The van der Waals surface area contributed by atoms with Crippen molar-refractivity contribution in [2.45, 2.75) is 44.1 Å². The molecule has 0 atom stereocenters. The summed E-state index contributed by atoms with van der Waals surface area (Å²) >= 11 is 0. The molecule has 2 aromatic carbocycles. The van der Waals surface area contributed by atoms with Crippen molar-refractivity contribution in [1.29, 1.82) is 0 Å². The van der Waals surface area contributed by atoms with E-state index >= 15 is 0 Å². The number of benzene rings is 2. The van der Waals surface area contributed by atoms with Crippen LogP contribution in [0.2, 0.25) is 0 Å². The molecule has 2 heterocycles. The van der Waals surface area contributed by atoms with Gasteiger partial charge < -0.3 is 19.1 Å². The number of halogens is 2. The van der Waals surface area contributed by atoms with Gasteiger partial charge in [-0.1, -0.05) is 6.07 Å². The van der Waals surface area contributed by atoms with Crippen molar-refractivity contribution in [3.63, 3.8) is 0 Å². The monoisotopic (exact) mass is 495 g/mol. The Morgan fingerprint density at radius 3 is 2.35 bits per heavy atom. The predicted molar refractivity (Wildman–Crippen MR) is 121 cm³/mol. The molecule has 2 aromatic rings. The number of amides is 1. The van der Waals surface area contributed by atoms with E-state index in [-0.39, 0.29) is 34.8 Å². The molecule has 0 unspecified atom stereocenters. The summed E-state index contributed by atoms with van der Waals surface area (Å²) < 4.78 is 69.2. The summed E-state index contributed by atoms with van der Waals surface area (Å²) in [6.07, 6.45) is 0.908. The van der Waals surface area contributed by atoms with Gasteiger partial charge in [0, 0.05) is 13.1 Å². The molecule has 10 heteroatoms. The molecular weight excluding hydrogens is 468 g/mol. The van der Waals surface area contributed by atoms with Gasteiger partial charge in [0.15, 0.2) is 23.3 Å². The third-order valence-corrected chi connectivity index (χ3v) is 7.15. The molecule has 0 bridgehead atoms. The molecule has 0 aromatic heterocycles. The second-order valence-electron chi connectivity index (χ2n) is 9.53. The second kappa shape index (κ2) is 9.05. The number of likely N-dealkylation sites (tertiary alicyclic amines) is 1. The van der Waals surface area contributed by atoms with Crippen molar-refractivity contribution in [3.8, 4) is 22.6 Å². The summed E-state index contributed by atoms with van der Waals surface area (Å²) in [5.41, 5.74) is 0.0985. The van der Waals surface area contributed by atoms with E-state index in [1.54, 1.807) is 4.90 Å². The first kappa shape index (κ1) is 24.3. The van der Waals surface area contributed by atoms with Crippen LogP contribution >= 0.6 is 0 Å². The van der Waals surface area contributed by atoms with E-state index in [4.69, 9.17) is 14.2 Å². The lowest BCUT2D eigenvalue weighted by Gasteiger charge is -2.33. The van der Waals surface area contributed by atoms with Gasteiger partial charge in [-0.25, -0.2) is 22.0 Å². The average Bonchev–Trinajstić information content (AvgIpc) is 3.06. The number of ether oxygens (including phenoxy) is 3. The summed E-state index contributed by atoms with van der Waals surface area (Å²) in [7, 11) is -3.48. The smallest absolute Gasteiger partial charge is 0.410 e. The predicted octanol–water partition coefficient (Wildman–Crippen LogP) is 4.78. The standard InChI is InChI=1S/C24H27F2NO6S/c1-24(2,3)33-23(28)27-8-6-15(7-9-27)13-31-22-18(25)10-17(11-19(22)26)16-4-5-21-20(12-16)32-14-34(21,29)30/h4-5,10-12,15H,6-9,13-14H2,1-3H3. The van der Waals surface area contributed by atoms with Crippen LogP contribution in [-0.4, -0.2) is 50.6 Å². The molecule has 2 aliphatic rings. The van der Waals surface area contributed by atoms with E-state index in [9.17, 15) is 22.0 Å². The van der Waals surface area contributed by atoms with E-state index in [1.165, 1.54) is 18.2 Å². The van der Waals surface area contributed by atoms with Crippen molar-refractivity contribution >= 4 is 15.9 Å². The van der Waals surface area contributed by atoms with Crippen LogP contribution in [0.1, 0.15) is 33.6 Å². The molecule has 0 N–H and O–H groups in total. The van der Waals surface area contributed by atoms with Crippen LogP contribution in [0.15, 0.2) is 35.2 Å². The lowest BCUT2D eigenvalue weighted by molar-refractivity contribution is 0.0163. The number of piperidine rings is 1. The molecule has 4 rings (SSSR count). The Kier molecular flexibility index (Phi) is 6.46. The maximum absolute atomic E-state index is 14.7. The normalized spacial score (nSPS) is 17.7. The van der Waals surface area contributed by atoms with Crippen LogP contribution in [0.25, 0.3) is 11.1 Å². The van der Waals surface area contributed by atoms with Gasteiger partial charge in [0.2, 0.25) is 9.84 Å². The summed E-state index contributed by atoms with van der Waals surface area (Å²) in [6.45, 7) is 6.53. The Balaban J connectivity index is 1.38. The minimum atomic E-state index is -3.48. The largest absolute Gasteiger partial charge is 0.487 e. The third kappa shape index (κ3) is 5.27. The highest BCUT2D eigenvalue weighted by Gasteiger charge is 2.29. The Bertz CT molecular complexity index is 1180. The lowest BCUT2D eigenvalue weighted by atomic mass is 9.98. The van der Waals surface area contributed by atoms with Crippen molar-refractivity contribution < 1.29 is 36.2 Å². The van der Waals surface area contributed by atoms with E-state index in [1.807, 2.05) is 20.8 Å². The van der Waals surface area contributed by atoms with Gasteiger partial charge in [-0.2, -0.15) is 0 Å². The molecule has 0 saturated carbocycles. The van der Waals surface area contributed by atoms with Crippen molar-refractivity contribution in [2.24, 2.45) is 5.92 Å². The first-order chi connectivity index (χ1) is 15.9. The van der Waals surface area contributed by atoms with Crippen LogP contribution in [0.5, 0.6) is 11.5 Å². The van der Waals surface area contributed by atoms with Gasteiger partial charge in [-0.15, -0.1) is 0 Å². The van der Waals surface area contributed by atoms with Crippen molar-refractivity contribution in [3.05, 3.63) is 42.0 Å². The molecule has 0 radical (unpaired) electrons. The third-order valence-electron chi connectivity index (χ3n) is 5.71. The summed E-state index contributed by atoms with van der Waals surface area (Å²) in [5.74, 6) is -2.40. The zero-order valence-electron chi connectivity index (χ0n) is 19.3. The molecule has 1 saturated heterocycles. The number of fused-ring (bicyclic) bond motifs is 1. The van der Waals surface area contributed by atoms with Crippen LogP contribution in [0.3, 0.4) is 0 Å². The number of hydrogen-bond donors (Lipinski definition) is 0. The first-order valence-corrected chi connectivity index (χ1v) is 12.7. The van der Waals surface area contributed by atoms with Crippen LogP contribution < -0.4 is 9.47 Å². The Morgan fingerprint density at radius 1 is 1.09 bits per heavy atom. The van der Waals surface area contributed by atoms with E-state index in [2.05, 4.69) is 0 Å². The maximum Gasteiger partial charge on any atom is 0.410 e. The molecular formula is C24H27F2NO6S. The van der Waals surface area contributed by atoms with Crippen LogP contribution in [0, 0.1) is 17.6 Å². The lowest BCUT2D eigenvalue weighted by Crippen LogP contribution is -2.42. The summed E-state index contributed by atoms with van der Waals surface area (Å²) in [4.78, 5) is 13.9. The first-order valence-electron chi connectivity index (χ1n) is 11.0. The van der Waals surface area contributed by atoms with Gasteiger partial charge in [0.25, 0.3) is 0 Å². The van der Waals surface area contributed by atoms with E-state index in [0.717, 1.165) is 12.1 Å². The highest BCUT2D eigenvalue weighted by atomic mass is 32.2. The maximum atomic E-state index is 14.7. The Labute approximate surface area is 197 Å². The fourth-order valence-electron chi connectivity index (χ4n) is 3.94. The zero-order valence-corrected chi connectivity index (χ0v) is 20.1. The topological polar surface area (TPSA) is 82.1 Å². The van der Waals surface area contributed by atoms with Gasteiger partial charge in [-0.3, -0.25) is 0 Å². The summed E-state index contributed by atoms with van der Waals surface area (Å²) in [5, 5.41) is 0. The molecule has 1 fully saturated rings. The molecule has 7 nitrogen and oxygen atoms in total. The molecule has 2 aliphatic heterocycles. The highest BCUT2D eigenvalue weighted by Crippen LogP contribution is 2.37. The number of sulfone groups is 1. The second-order valence-corrected chi connectivity index (χ2v) is 11.4. The van der Waals surface area contributed by atoms with E-state index < -0.39 is 38.8 Å². The van der Waals surface area contributed by atoms with Gasteiger partial charge in [0.05, 0.1) is 6.61 Å². The van der Waals surface area contributed by atoms with Crippen LogP contribution in [-0.2, 0) is 14.6 Å². The highest BCUT2D eigenvalue weighted by molar-refractivity contribution is 7.91. The van der Waals surface area contributed by atoms with Crippen LogP contribution in [0.4, 0.5) is 13.6 Å². The van der Waals surface area contributed by atoms with E-state index in [0.29, 0.717) is 31.5 Å². The average molecular weight is 496 g/mol. The zero-order chi connectivity index (χ0) is 24.7. The fraction of sp³-hybridized carbons (Fsp3) is 0.458. The molecule has 0 spiro atoms. The quantitative estimate of drug-likeness (QED) is 0.607. The number of hydrogen-bond acceptors (Lipinski definition) is 6.